The largest absolute Gasteiger partial charge is 0.462 e. The van der Waals surface area contributed by atoms with Gasteiger partial charge in [0.25, 0.3) is 5.91 Å². The van der Waals surface area contributed by atoms with Crippen molar-refractivity contribution in [3.63, 3.8) is 0 Å². The SMILES string of the molecule is CCOC(=O)c1c(NC(=O)CSc2cn(CCNC(=O)c3ccc(F)cc3)c3ccccc23)sc2c1CCC2. The third-order valence-corrected chi connectivity index (χ3v) is 8.76. The number of halogens is 1. The second kappa shape index (κ2) is 12.0. The molecular weight excluding hydrogens is 537 g/mol. The molecule has 2 N–H and O–H groups in total. The number of thioether (sulfide) groups is 1. The van der Waals surface area contributed by atoms with Crippen molar-refractivity contribution in [2.75, 3.05) is 24.2 Å². The van der Waals surface area contributed by atoms with Gasteiger partial charge < -0.3 is 19.9 Å². The number of nitrogens with zero attached hydrogens (tertiary/aromatic N) is 1. The van der Waals surface area contributed by atoms with Crippen LogP contribution in [0.3, 0.4) is 0 Å². The monoisotopic (exact) mass is 565 g/mol. The van der Waals surface area contributed by atoms with Gasteiger partial charge in [-0.1, -0.05) is 18.2 Å². The Morgan fingerprint density at radius 1 is 1.10 bits per heavy atom. The van der Waals surface area contributed by atoms with Crippen molar-refractivity contribution in [2.24, 2.45) is 0 Å². The summed E-state index contributed by atoms with van der Waals surface area (Å²) in [6.45, 7) is 2.98. The van der Waals surface area contributed by atoms with Crippen molar-refractivity contribution < 1.29 is 23.5 Å². The van der Waals surface area contributed by atoms with E-state index < -0.39 is 0 Å². The minimum atomic E-state index is -0.387. The Kier molecular flexibility index (Phi) is 8.33. The number of aryl methyl sites for hydroxylation is 1. The van der Waals surface area contributed by atoms with Crippen LogP contribution < -0.4 is 10.6 Å². The van der Waals surface area contributed by atoms with Gasteiger partial charge in [0.2, 0.25) is 5.91 Å². The molecular formula is C29H28FN3O4S2. The zero-order valence-electron chi connectivity index (χ0n) is 21.4. The van der Waals surface area contributed by atoms with Gasteiger partial charge in [-0.2, -0.15) is 0 Å². The van der Waals surface area contributed by atoms with Crippen LogP contribution in [0.15, 0.2) is 59.6 Å². The fourth-order valence-corrected chi connectivity index (χ4v) is 6.91. The van der Waals surface area contributed by atoms with Crippen LogP contribution >= 0.6 is 23.1 Å². The number of thiophene rings is 1. The summed E-state index contributed by atoms with van der Waals surface area (Å²) < 4.78 is 20.4. The topological polar surface area (TPSA) is 89.4 Å². The van der Waals surface area contributed by atoms with Gasteiger partial charge in [0.05, 0.1) is 17.9 Å². The van der Waals surface area contributed by atoms with E-state index in [-0.39, 0.29) is 36.0 Å². The molecule has 2 amide bonds. The quantitative estimate of drug-likeness (QED) is 0.191. The molecule has 202 valence electrons. The van der Waals surface area contributed by atoms with E-state index >= 15 is 0 Å². The van der Waals surface area contributed by atoms with Crippen molar-refractivity contribution in [1.29, 1.82) is 0 Å². The molecule has 2 heterocycles. The molecule has 0 saturated carbocycles. The van der Waals surface area contributed by atoms with E-state index in [0.717, 1.165) is 45.5 Å². The average molecular weight is 566 g/mol. The van der Waals surface area contributed by atoms with Gasteiger partial charge in [-0.3, -0.25) is 9.59 Å². The van der Waals surface area contributed by atoms with Gasteiger partial charge in [0.15, 0.2) is 0 Å². The molecule has 10 heteroatoms. The van der Waals surface area contributed by atoms with Crippen LogP contribution in [0.5, 0.6) is 0 Å². The second-order valence-electron chi connectivity index (χ2n) is 9.09. The molecule has 0 radical (unpaired) electrons. The number of ether oxygens (including phenoxy) is 1. The van der Waals surface area contributed by atoms with Crippen molar-refractivity contribution in [3.05, 3.63) is 82.1 Å². The average Bonchev–Trinajstić information content (AvgIpc) is 3.61. The molecule has 1 aliphatic carbocycles. The van der Waals surface area contributed by atoms with E-state index in [1.165, 1.54) is 47.4 Å². The smallest absolute Gasteiger partial charge is 0.341 e. The van der Waals surface area contributed by atoms with E-state index in [1.54, 1.807) is 6.92 Å². The lowest BCUT2D eigenvalue weighted by Crippen LogP contribution is -2.27. The first kappa shape index (κ1) is 27.0. The van der Waals surface area contributed by atoms with E-state index in [0.29, 0.717) is 29.2 Å². The molecule has 7 nitrogen and oxygen atoms in total. The standard InChI is InChI=1S/C29H28FN3O4S2/c1-2-37-29(36)26-21-7-5-9-23(21)39-28(26)32-25(34)17-38-24-16-33(22-8-4-3-6-20(22)24)15-14-31-27(35)18-10-12-19(30)13-11-18/h3-4,6,8,10-13,16H,2,5,7,9,14-15,17H2,1H3,(H,31,35)(H,32,34). The number of esters is 1. The molecule has 0 spiro atoms. The molecule has 0 fully saturated rings. The molecule has 0 aliphatic heterocycles. The maximum Gasteiger partial charge on any atom is 0.341 e. The lowest BCUT2D eigenvalue weighted by atomic mass is 10.1. The van der Waals surface area contributed by atoms with Crippen molar-refractivity contribution >= 4 is 56.8 Å². The number of carbonyl (C=O) groups excluding carboxylic acids is 3. The second-order valence-corrected chi connectivity index (χ2v) is 11.2. The summed E-state index contributed by atoms with van der Waals surface area (Å²) in [4.78, 5) is 40.0. The number of carbonyl (C=O) groups is 3. The highest BCUT2D eigenvalue weighted by Gasteiger charge is 2.28. The van der Waals surface area contributed by atoms with Crippen LogP contribution in [0.25, 0.3) is 10.9 Å². The van der Waals surface area contributed by atoms with E-state index in [9.17, 15) is 18.8 Å². The maximum absolute atomic E-state index is 13.1. The van der Waals surface area contributed by atoms with Crippen LogP contribution in [0.1, 0.15) is 44.5 Å². The summed E-state index contributed by atoms with van der Waals surface area (Å²) in [6, 6.07) is 13.3. The van der Waals surface area contributed by atoms with Crippen molar-refractivity contribution in [2.45, 2.75) is 37.6 Å². The summed E-state index contributed by atoms with van der Waals surface area (Å²) in [5.74, 6) is -1.04. The number of fused-ring (bicyclic) bond motifs is 2. The number of hydrogen-bond acceptors (Lipinski definition) is 6. The number of aromatic nitrogens is 1. The Labute approximate surface area is 233 Å². The van der Waals surface area contributed by atoms with Crippen LogP contribution in [0, 0.1) is 5.82 Å². The molecule has 4 aromatic rings. The lowest BCUT2D eigenvalue weighted by Gasteiger charge is -2.08. The third kappa shape index (κ3) is 6.02. The number of hydrogen-bond donors (Lipinski definition) is 2. The Morgan fingerprint density at radius 2 is 1.90 bits per heavy atom. The minimum Gasteiger partial charge on any atom is -0.462 e. The van der Waals surface area contributed by atoms with Crippen LogP contribution in [0.2, 0.25) is 0 Å². The zero-order chi connectivity index (χ0) is 27.4. The van der Waals surface area contributed by atoms with Gasteiger partial charge in [0, 0.05) is 45.5 Å². The lowest BCUT2D eigenvalue weighted by molar-refractivity contribution is -0.113. The highest BCUT2D eigenvalue weighted by atomic mass is 32.2. The summed E-state index contributed by atoms with van der Waals surface area (Å²) >= 11 is 2.89. The Balaban J connectivity index is 1.23. The summed E-state index contributed by atoms with van der Waals surface area (Å²) in [7, 11) is 0. The fourth-order valence-electron chi connectivity index (χ4n) is 4.72. The zero-order valence-corrected chi connectivity index (χ0v) is 23.1. The first-order valence-electron chi connectivity index (χ1n) is 12.8. The number of benzene rings is 2. The van der Waals surface area contributed by atoms with Crippen LogP contribution in [0.4, 0.5) is 9.39 Å². The number of nitrogens with one attached hydrogen (secondary N) is 2. The van der Waals surface area contributed by atoms with Gasteiger partial charge >= 0.3 is 5.97 Å². The van der Waals surface area contributed by atoms with Gasteiger partial charge in [-0.25, -0.2) is 9.18 Å². The first-order valence-corrected chi connectivity index (χ1v) is 14.6. The molecule has 1 aliphatic rings. The summed E-state index contributed by atoms with van der Waals surface area (Å²) in [5.41, 5.74) is 2.91. The fraction of sp³-hybridized carbons (Fsp3) is 0.276. The number of amides is 2. The molecule has 2 aromatic heterocycles. The van der Waals surface area contributed by atoms with Gasteiger partial charge in [-0.05, 0) is 62.1 Å². The Hall–Kier alpha value is -3.63. The number of anilines is 1. The number of rotatable bonds is 10. The van der Waals surface area contributed by atoms with Crippen LogP contribution in [-0.2, 0) is 28.9 Å². The number of para-hydroxylation sites is 1. The molecule has 5 rings (SSSR count). The predicted molar refractivity (Wildman–Crippen MR) is 152 cm³/mol. The minimum absolute atomic E-state index is 0.181. The van der Waals surface area contributed by atoms with E-state index in [1.807, 2.05) is 35.0 Å². The Bertz CT molecular complexity index is 1530. The van der Waals surface area contributed by atoms with E-state index in [4.69, 9.17) is 4.74 Å². The molecule has 39 heavy (non-hydrogen) atoms. The van der Waals surface area contributed by atoms with Gasteiger partial charge in [-0.15, -0.1) is 23.1 Å². The maximum atomic E-state index is 13.1. The third-order valence-electron chi connectivity index (χ3n) is 6.51. The molecule has 2 aromatic carbocycles. The van der Waals surface area contributed by atoms with Crippen molar-refractivity contribution in [1.82, 2.24) is 9.88 Å². The van der Waals surface area contributed by atoms with Crippen molar-refractivity contribution in [3.8, 4) is 0 Å². The summed E-state index contributed by atoms with van der Waals surface area (Å²) in [6.07, 6.45) is 4.74. The normalized spacial score (nSPS) is 12.4. The highest BCUT2D eigenvalue weighted by Crippen LogP contribution is 2.40. The van der Waals surface area contributed by atoms with Gasteiger partial charge in [0.1, 0.15) is 10.8 Å². The first-order chi connectivity index (χ1) is 18.9. The predicted octanol–water partition coefficient (Wildman–Crippen LogP) is 5.67. The molecule has 0 unspecified atom stereocenters. The Morgan fingerprint density at radius 3 is 2.69 bits per heavy atom. The molecule has 0 saturated heterocycles. The summed E-state index contributed by atoms with van der Waals surface area (Å²) in [5, 5.41) is 7.41. The molecule has 0 atom stereocenters. The highest BCUT2D eigenvalue weighted by molar-refractivity contribution is 8.00. The molecule has 0 bridgehead atoms. The van der Waals surface area contributed by atoms with Crippen LogP contribution in [-0.4, -0.2) is 41.3 Å². The van der Waals surface area contributed by atoms with E-state index in [2.05, 4.69) is 10.6 Å².